The van der Waals surface area contributed by atoms with E-state index in [2.05, 4.69) is 36.5 Å². The molecule has 0 fully saturated rings. The first-order valence-corrected chi connectivity index (χ1v) is 9.59. The molecule has 0 radical (unpaired) electrons. The standard InChI is InChI=1S/C21H24ClN3O/c1-3-18(23-13-12-15-8-6-5-7-9-15)20-24-19-14-16(22)10-11-17(19)21(26)25(20)4-2/h5-11,14,18,23H,3-4,12-13H2,1-2H3/p+1/t18-/m0/s1. The lowest BCUT2D eigenvalue weighted by Gasteiger charge is -2.18. The van der Waals surface area contributed by atoms with Crippen LogP contribution in [0.5, 0.6) is 0 Å². The lowest BCUT2D eigenvalue weighted by molar-refractivity contribution is -0.697. The highest BCUT2D eigenvalue weighted by Gasteiger charge is 2.20. The first-order chi connectivity index (χ1) is 12.6. The summed E-state index contributed by atoms with van der Waals surface area (Å²) in [5, 5.41) is 3.52. The predicted molar refractivity (Wildman–Crippen MR) is 107 cm³/mol. The van der Waals surface area contributed by atoms with Gasteiger partial charge in [-0.15, -0.1) is 0 Å². The molecule has 2 N–H and O–H groups in total. The van der Waals surface area contributed by atoms with Crippen molar-refractivity contribution in [1.82, 2.24) is 9.55 Å². The van der Waals surface area contributed by atoms with Gasteiger partial charge in [-0.3, -0.25) is 9.36 Å². The van der Waals surface area contributed by atoms with Crippen molar-refractivity contribution in [2.24, 2.45) is 0 Å². The second-order valence-electron chi connectivity index (χ2n) is 6.46. The minimum Gasteiger partial charge on any atom is -0.337 e. The molecule has 1 aromatic heterocycles. The molecule has 1 atom stereocenters. The molecule has 3 aromatic rings. The summed E-state index contributed by atoms with van der Waals surface area (Å²) in [5.41, 5.74) is 2.01. The summed E-state index contributed by atoms with van der Waals surface area (Å²) < 4.78 is 1.80. The molecule has 0 spiro atoms. The van der Waals surface area contributed by atoms with Crippen LogP contribution >= 0.6 is 11.6 Å². The quantitative estimate of drug-likeness (QED) is 0.693. The highest BCUT2D eigenvalue weighted by atomic mass is 35.5. The first kappa shape index (κ1) is 18.6. The number of rotatable bonds is 7. The van der Waals surface area contributed by atoms with Crippen LogP contribution in [0.4, 0.5) is 0 Å². The van der Waals surface area contributed by atoms with E-state index >= 15 is 0 Å². The van der Waals surface area contributed by atoms with Crippen molar-refractivity contribution in [3.05, 3.63) is 75.3 Å². The molecule has 0 aliphatic carbocycles. The Bertz CT molecular complexity index is 937. The van der Waals surface area contributed by atoms with Gasteiger partial charge in [0.2, 0.25) is 0 Å². The van der Waals surface area contributed by atoms with Crippen LogP contribution in [0.1, 0.15) is 37.7 Å². The lowest BCUT2D eigenvalue weighted by atomic mass is 10.1. The van der Waals surface area contributed by atoms with Crippen LogP contribution in [-0.4, -0.2) is 16.1 Å². The SMILES string of the molecule is CC[C@H]([NH2+]CCc1ccccc1)c1nc2cc(Cl)ccc2c(=O)n1CC. The Morgan fingerprint density at radius 1 is 1.15 bits per heavy atom. The van der Waals surface area contributed by atoms with Crippen LogP contribution < -0.4 is 10.9 Å². The van der Waals surface area contributed by atoms with Gasteiger partial charge in [-0.05, 0) is 30.7 Å². The molecular formula is C21H25ClN3O+. The Morgan fingerprint density at radius 3 is 2.62 bits per heavy atom. The summed E-state index contributed by atoms with van der Waals surface area (Å²) in [5.74, 6) is 0.836. The Hall–Kier alpha value is -2.17. The summed E-state index contributed by atoms with van der Waals surface area (Å²) in [4.78, 5) is 17.7. The molecule has 5 heteroatoms. The van der Waals surface area contributed by atoms with Crippen LogP contribution in [0.3, 0.4) is 0 Å². The topological polar surface area (TPSA) is 51.5 Å². The van der Waals surface area contributed by atoms with Gasteiger partial charge in [0.1, 0.15) is 6.04 Å². The van der Waals surface area contributed by atoms with Crippen molar-refractivity contribution in [2.75, 3.05) is 6.54 Å². The zero-order valence-electron chi connectivity index (χ0n) is 15.3. The molecule has 1 heterocycles. The van der Waals surface area contributed by atoms with E-state index in [0.717, 1.165) is 25.2 Å². The Balaban J connectivity index is 1.89. The Morgan fingerprint density at radius 2 is 1.92 bits per heavy atom. The molecule has 0 saturated carbocycles. The third-order valence-corrected chi connectivity index (χ3v) is 5.00. The van der Waals surface area contributed by atoms with E-state index in [1.807, 2.05) is 13.0 Å². The number of halogens is 1. The molecule has 136 valence electrons. The van der Waals surface area contributed by atoms with Crippen molar-refractivity contribution in [1.29, 1.82) is 0 Å². The number of nitrogens with two attached hydrogens (primary N) is 1. The minimum absolute atomic E-state index is 0.0130. The molecule has 3 rings (SSSR count). The molecule has 0 aliphatic rings. The number of aromatic nitrogens is 2. The van der Waals surface area contributed by atoms with Crippen LogP contribution in [0, 0.1) is 0 Å². The summed E-state index contributed by atoms with van der Waals surface area (Å²) in [6.45, 7) is 5.70. The molecule has 0 unspecified atom stereocenters. The van der Waals surface area contributed by atoms with Gasteiger partial charge < -0.3 is 5.32 Å². The smallest absolute Gasteiger partial charge is 0.261 e. The van der Waals surface area contributed by atoms with E-state index in [-0.39, 0.29) is 11.6 Å². The zero-order valence-corrected chi connectivity index (χ0v) is 16.0. The van der Waals surface area contributed by atoms with Gasteiger partial charge in [0.15, 0.2) is 5.82 Å². The van der Waals surface area contributed by atoms with E-state index < -0.39 is 0 Å². The van der Waals surface area contributed by atoms with Crippen molar-refractivity contribution >= 4 is 22.5 Å². The van der Waals surface area contributed by atoms with E-state index in [0.29, 0.717) is 22.5 Å². The maximum absolute atomic E-state index is 12.9. The number of hydrogen-bond donors (Lipinski definition) is 1. The van der Waals surface area contributed by atoms with Gasteiger partial charge in [-0.1, -0.05) is 48.9 Å². The van der Waals surface area contributed by atoms with Crippen molar-refractivity contribution in [3.8, 4) is 0 Å². The van der Waals surface area contributed by atoms with Crippen molar-refractivity contribution in [2.45, 2.75) is 39.3 Å². The summed E-state index contributed by atoms with van der Waals surface area (Å²) >= 11 is 6.11. The fourth-order valence-corrected chi connectivity index (χ4v) is 3.52. The Kier molecular flexibility index (Phi) is 6.07. The molecular weight excluding hydrogens is 346 g/mol. The Labute approximate surface area is 158 Å². The number of benzene rings is 2. The average molecular weight is 371 g/mol. The molecule has 0 amide bonds. The molecule has 4 nitrogen and oxygen atoms in total. The monoisotopic (exact) mass is 370 g/mol. The van der Waals surface area contributed by atoms with Crippen LogP contribution in [-0.2, 0) is 13.0 Å². The van der Waals surface area contributed by atoms with Crippen LogP contribution in [0.25, 0.3) is 10.9 Å². The summed E-state index contributed by atoms with van der Waals surface area (Å²) in [6, 6.07) is 15.9. The fraction of sp³-hybridized carbons (Fsp3) is 0.333. The predicted octanol–water partition coefficient (Wildman–Crippen LogP) is 3.33. The second-order valence-corrected chi connectivity index (χ2v) is 6.89. The fourth-order valence-electron chi connectivity index (χ4n) is 3.35. The molecule has 0 aliphatic heterocycles. The lowest BCUT2D eigenvalue weighted by Crippen LogP contribution is -2.86. The maximum Gasteiger partial charge on any atom is 0.261 e. The highest BCUT2D eigenvalue weighted by molar-refractivity contribution is 6.31. The first-order valence-electron chi connectivity index (χ1n) is 9.21. The number of nitrogens with zero attached hydrogens (tertiary/aromatic N) is 2. The number of hydrogen-bond acceptors (Lipinski definition) is 2. The van der Waals surface area contributed by atoms with E-state index in [4.69, 9.17) is 16.6 Å². The normalized spacial score (nSPS) is 12.4. The number of quaternary nitrogens is 1. The van der Waals surface area contributed by atoms with Gasteiger partial charge >= 0.3 is 0 Å². The van der Waals surface area contributed by atoms with Crippen LogP contribution in [0.2, 0.25) is 5.02 Å². The number of fused-ring (bicyclic) bond motifs is 1. The van der Waals surface area contributed by atoms with Crippen molar-refractivity contribution in [3.63, 3.8) is 0 Å². The molecule has 0 bridgehead atoms. The van der Waals surface area contributed by atoms with Gasteiger partial charge in [0, 0.05) is 24.4 Å². The van der Waals surface area contributed by atoms with E-state index in [9.17, 15) is 4.79 Å². The van der Waals surface area contributed by atoms with Crippen molar-refractivity contribution < 1.29 is 5.32 Å². The van der Waals surface area contributed by atoms with Gasteiger partial charge in [0.05, 0.1) is 17.4 Å². The zero-order chi connectivity index (χ0) is 18.5. The maximum atomic E-state index is 12.9. The highest BCUT2D eigenvalue weighted by Crippen LogP contribution is 2.18. The second kappa shape index (κ2) is 8.47. The minimum atomic E-state index is 0.0130. The largest absolute Gasteiger partial charge is 0.337 e. The third-order valence-electron chi connectivity index (χ3n) is 4.76. The summed E-state index contributed by atoms with van der Waals surface area (Å²) in [7, 11) is 0. The van der Waals surface area contributed by atoms with Gasteiger partial charge in [-0.25, -0.2) is 4.98 Å². The van der Waals surface area contributed by atoms with Gasteiger partial charge in [0.25, 0.3) is 5.56 Å². The third kappa shape index (κ3) is 3.97. The molecule has 2 aromatic carbocycles. The summed E-state index contributed by atoms with van der Waals surface area (Å²) in [6.07, 6.45) is 1.90. The van der Waals surface area contributed by atoms with E-state index in [1.54, 1.807) is 22.8 Å². The van der Waals surface area contributed by atoms with E-state index in [1.165, 1.54) is 5.56 Å². The average Bonchev–Trinajstić information content (AvgIpc) is 2.66. The molecule has 0 saturated heterocycles. The van der Waals surface area contributed by atoms with Gasteiger partial charge in [-0.2, -0.15) is 0 Å². The van der Waals surface area contributed by atoms with Crippen LogP contribution in [0.15, 0.2) is 53.3 Å². The molecule has 26 heavy (non-hydrogen) atoms.